The summed E-state index contributed by atoms with van der Waals surface area (Å²) >= 11 is 6.31. The molecule has 4 rings (SSSR count). The third-order valence-electron chi connectivity index (χ3n) is 4.82. The lowest BCUT2D eigenvalue weighted by atomic mass is 9.98. The fraction of sp³-hybridized carbons (Fsp3) is 0.190. The first-order valence-corrected chi connectivity index (χ1v) is 8.74. The number of hydrogen-bond acceptors (Lipinski definition) is 2. The van der Waals surface area contributed by atoms with E-state index in [4.69, 9.17) is 11.6 Å². The zero-order valence-electron chi connectivity index (χ0n) is 13.7. The minimum Gasteiger partial charge on any atom is -0.396 e. The highest BCUT2D eigenvalue weighted by Crippen LogP contribution is 2.34. The first-order valence-electron chi connectivity index (χ1n) is 8.36. The van der Waals surface area contributed by atoms with Crippen LogP contribution in [0.25, 0.3) is 21.9 Å². The SMILES string of the molecule is O=C1CC(CO)CN1c1ccc(-c2ccc(Cl)c3ccccc23)cc1. The number of carbonyl (C=O) groups excluding carboxylic acids is 1. The minimum absolute atomic E-state index is 0.0346. The van der Waals surface area contributed by atoms with Crippen LogP contribution in [-0.2, 0) is 4.79 Å². The smallest absolute Gasteiger partial charge is 0.227 e. The number of benzene rings is 3. The lowest BCUT2D eigenvalue weighted by molar-refractivity contribution is -0.117. The van der Waals surface area contributed by atoms with Crippen molar-refractivity contribution < 1.29 is 9.90 Å². The van der Waals surface area contributed by atoms with Crippen LogP contribution in [0.4, 0.5) is 5.69 Å². The fourth-order valence-electron chi connectivity index (χ4n) is 3.49. The maximum absolute atomic E-state index is 12.1. The van der Waals surface area contributed by atoms with Gasteiger partial charge in [-0.25, -0.2) is 0 Å². The van der Waals surface area contributed by atoms with E-state index in [0.29, 0.717) is 13.0 Å². The number of amides is 1. The standard InChI is InChI=1S/C21H18ClNO2/c22-20-10-9-17(18-3-1-2-4-19(18)20)15-5-7-16(8-6-15)23-12-14(13-24)11-21(23)25/h1-10,14,24H,11-13H2. The molecule has 1 atom stereocenters. The van der Waals surface area contributed by atoms with E-state index in [1.54, 1.807) is 4.90 Å². The number of carbonyl (C=O) groups is 1. The molecule has 0 spiro atoms. The van der Waals surface area contributed by atoms with Crippen LogP contribution in [0.1, 0.15) is 6.42 Å². The van der Waals surface area contributed by atoms with E-state index < -0.39 is 0 Å². The molecule has 1 saturated heterocycles. The summed E-state index contributed by atoms with van der Waals surface area (Å²) in [7, 11) is 0. The lowest BCUT2D eigenvalue weighted by Crippen LogP contribution is -2.24. The largest absolute Gasteiger partial charge is 0.396 e. The first kappa shape index (κ1) is 16.1. The Balaban J connectivity index is 1.70. The van der Waals surface area contributed by atoms with E-state index in [-0.39, 0.29) is 18.4 Å². The second-order valence-electron chi connectivity index (χ2n) is 6.44. The Hall–Kier alpha value is -2.36. The number of halogens is 1. The predicted molar refractivity (Wildman–Crippen MR) is 102 cm³/mol. The Bertz CT molecular complexity index is 936. The van der Waals surface area contributed by atoms with Gasteiger partial charge in [0.05, 0.1) is 0 Å². The topological polar surface area (TPSA) is 40.5 Å². The van der Waals surface area contributed by atoms with Crippen LogP contribution in [0.3, 0.4) is 0 Å². The molecule has 126 valence electrons. The van der Waals surface area contributed by atoms with E-state index in [2.05, 4.69) is 6.07 Å². The number of fused-ring (bicyclic) bond motifs is 1. The van der Waals surface area contributed by atoms with Crippen LogP contribution in [0, 0.1) is 5.92 Å². The molecule has 3 aromatic rings. The number of nitrogens with zero attached hydrogens (tertiary/aromatic N) is 1. The number of aliphatic hydroxyl groups excluding tert-OH is 1. The molecule has 0 saturated carbocycles. The molecule has 0 aliphatic carbocycles. The Morgan fingerprint density at radius 1 is 1.00 bits per heavy atom. The van der Waals surface area contributed by atoms with Crippen molar-refractivity contribution in [1.29, 1.82) is 0 Å². The van der Waals surface area contributed by atoms with Gasteiger partial charge < -0.3 is 10.0 Å². The van der Waals surface area contributed by atoms with Gasteiger partial charge in [-0.15, -0.1) is 0 Å². The van der Waals surface area contributed by atoms with Gasteiger partial charge in [0.25, 0.3) is 0 Å². The molecule has 0 radical (unpaired) electrons. The molecule has 1 fully saturated rings. The van der Waals surface area contributed by atoms with Crippen molar-refractivity contribution in [3.63, 3.8) is 0 Å². The highest BCUT2D eigenvalue weighted by molar-refractivity contribution is 6.36. The summed E-state index contributed by atoms with van der Waals surface area (Å²) in [6, 6.07) is 20.0. The van der Waals surface area contributed by atoms with E-state index in [1.165, 1.54) is 0 Å². The van der Waals surface area contributed by atoms with Gasteiger partial charge in [0.1, 0.15) is 0 Å². The maximum Gasteiger partial charge on any atom is 0.227 e. The van der Waals surface area contributed by atoms with Crippen molar-refractivity contribution in [1.82, 2.24) is 0 Å². The third kappa shape index (κ3) is 2.90. The quantitative estimate of drug-likeness (QED) is 0.754. The van der Waals surface area contributed by atoms with Gasteiger partial charge in [-0.2, -0.15) is 0 Å². The van der Waals surface area contributed by atoms with Gasteiger partial charge in [-0.05, 0) is 34.7 Å². The molecule has 0 bridgehead atoms. The second-order valence-corrected chi connectivity index (χ2v) is 6.85. The molecule has 1 amide bonds. The highest BCUT2D eigenvalue weighted by atomic mass is 35.5. The summed E-state index contributed by atoms with van der Waals surface area (Å²) in [5.74, 6) is 0.108. The van der Waals surface area contributed by atoms with Crippen LogP contribution >= 0.6 is 11.6 Å². The summed E-state index contributed by atoms with van der Waals surface area (Å²) in [5, 5.41) is 12.2. The molecule has 1 unspecified atom stereocenters. The van der Waals surface area contributed by atoms with Crippen molar-refractivity contribution in [3.8, 4) is 11.1 Å². The maximum atomic E-state index is 12.1. The predicted octanol–water partition coefficient (Wildman–Crippen LogP) is 4.51. The van der Waals surface area contributed by atoms with Gasteiger partial charge in [-0.3, -0.25) is 4.79 Å². The average Bonchev–Trinajstić information content (AvgIpc) is 3.03. The zero-order chi connectivity index (χ0) is 17.4. The minimum atomic E-state index is 0.0346. The molecule has 0 aromatic heterocycles. The zero-order valence-corrected chi connectivity index (χ0v) is 14.4. The highest BCUT2D eigenvalue weighted by Gasteiger charge is 2.29. The van der Waals surface area contributed by atoms with Gasteiger partial charge in [0.2, 0.25) is 5.91 Å². The summed E-state index contributed by atoms with van der Waals surface area (Å²) < 4.78 is 0. The van der Waals surface area contributed by atoms with Crippen LogP contribution in [0.15, 0.2) is 60.7 Å². The van der Waals surface area contributed by atoms with Crippen LogP contribution in [0.5, 0.6) is 0 Å². The fourth-order valence-corrected chi connectivity index (χ4v) is 3.72. The average molecular weight is 352 g/mol. The molecule has 1 aliphatic heterocycles. The van der Waals surface area contributed by atoms with Gasteiger partial charge in [-0.1, -0.05) is 54.1 Å². The van der Waals surface area contributed by atoms with Crippen molar-refractivity contribution in [2.45, 2.75) is 6.42 Å². The number of anilines is 1. The molecular formula is C21H18ClNO2. The Labute approximate surface area is 151 Å². The van der Waals surface area contributed by atoms with Crippen LogP contribution < -0.4 is 4.90 Å². The van der Waals surface area contributed by atoms with Crippen LogP contribution in [-0.4, -0.2) is 24.2 Å². The van der Waals surface area contributed by atoms with E-state index >= 15 is 0 Å². The van der Waals surface area contributed by atoms with Crippen molar-refractivity contribution >= 4 is 34.0 Å². The molecule has 1 heterocycles. The van der Waals surface area contributed by atoms with E-state index in [9.17, 15) is 9.90 Å². The monoisotopic (exact) mass is 351 g/mol. The van der Waals surface area contributed by atoms with Crippen molar-refractivity contribution in [2.24, 2.45) is 5.92 Å². The van der Waals surface area contributed by atoms with E-state index in [1.807, 2.05) is 54.6 Å². The number of aliphatic hydroxyl groups is 1. The van der Waals surface area contributed by atoms with Crippen LogP contribution in [0.2, 0.25) is 5.02 Å². The molecular weight excluding hydrogens is 334 g/mol. The van der Waals surface area contributed by atoms with Gasteiger partial charge in [0.15, 0.2) is 0 Å². The van der Waals surface area contributed by atoms with Crippen molar-refractivity contribution in [2.75, 3.05) is 18.1 Å². The normalized spacial score (nSPS) is 17.4. The molecule has 1 N–H and O–H groups in total. The number of hydrogen-bond donors (Lipinski definition) is 1. The Morgan fingerprint density at radius 2 is 1.72 bits per heavy atom. The lowest BCUT2D eigenvalue weighted by Gasteiger charge is -2.17. The van der Waals surface area contributed by atoms with Gasteiger partial charge in [0, 0.05) is 41.6 Å². The van der Waals surface area contributed by atoms with Crippen molar-refractivity contribution in [3.05, 3.63) is 65.7 Å². The summed E-state index contributed by atoms with van der Waals surface area (Å²) in [6.45, 7) is 0.635. The van der Waals surface area contributed by atoms with E-state index in [0.717, 1.165) is 32.6 Å². The summed E-state index contributed by atoms with van der Waals surface area (Å²) in [5.41, 5.74) is 3.08. The first-order chi connectivity index (χ1) is 12.2. The third-order valence-corrected chi connectivity index (χ3v) is 5.15. The molecule has 3 aromatic carbocycles. The number of rotatable bonds is 3. The Kier molecular flexibility index (Phi) is 4.20. The Morgan fingerprint density at radius 3 is 2.40 bits per heavy atom. The second kappa shape index (κ2) is 6.51. The molecule has 1 aliphatic rings. The summed E-state index contributed by atoms with van der Waals surface area (Å²) in [6.07, 6.45) is 0.417. The van der Waals surface area contributed by atoms with Gasteiger partial charge >= 0.3 is 0 Å². The summed E-state index contributed by atoms with van der Waals surface area (Å²) in [4.78, 5) is 13.9. The molecule has 4 heteroatoms. The molecule has 25 heavy (non-hydrogen) atoms. The molecule has 3 nitrogen and oxygen atoms in total.